The summed E-state index contributed by atoms with van der Waals surface area (Å²) in [5, 5.41) is 0. The maximum Gasteiger partial charge on any atom is 0.194 e. The Morgan fingerprint density at radius 1 is 1.29 bits per heavy atom. The van der Waals surface area contributed by atoms with E-state index in [1.54, 1.807) is 24.2 Å². The van der Waals surface area contributed by atoms with E-state index in [1.165, 1.54) is 0 Å². The fourth-order valence-corrected chi connectivity index (χ4v) is 1.29. The van der Waals surface area contributed by atoms with Crippen molar-refractivity contribution in [3.8, 4) is 0 Å². The maximum atomic E-state index is 12.9. The summed E-state index contributed by atoms with van der Waals surface area (Å²) in [6, 6.07) is 1.98. The fraction of sp³-hybridized carbons (Fsp3) is 0.231. The van der Waals surface area contributed by atoms with Gasteiger partial charge in [0, 0.05) is 13.6 Å². The van der Waals surface area contributed by atoms with Crippen molar-refractivity contribution < 1.29 is 13.2 Å². The molecule has 0 amide bonds. The number of allylic oxidation sites excluding steroid dienone is 2. The van der Waals surface area contributed by atoms with Gasteiger partial charge in [-0.2, -0.15) is 0 Å². The summed E-state index contributed by atoms with van der Waals surface area (Å²) in [4.78, 5) is 1.72. The number of nitrogens with zero attached hydrogens (tertiary/aromatic N) is 1. The maximum absolute atomic E-state index is 12.9. The van der Waals surface area contributed by atoms with Gasteiger partial charge in [0.2, 0.25) is 0 Å². The first kappa shape index (κ1) is 13.4. The Balaban J connectivity index is 2.79. The number of halogens is 3. The molecule has 0 atom stereocenters. The van der Waals surface area contributed by atoms with Crippen LogP contribution in [0.25, 0.3) is 0 Å². The Bertz CT molecular complexity index is 429. The van der Waals surface area contributed by atoms with E-state index in [9.17, 15) is 13.2 Å². The van der Waals surface area contributed by atoms with Crippen LogP contribution >= 0.6 is 0 Å². The summed E-state index contributed by atoms with van der Waals surface area (Å²) in [6.07, 6.45) is 3.51. The number of rotatable bonds is 4. The van der Waals surface area contributed by atoms with Gasteiger partial charge < -0.3 is 4.90 Å². The van der Waals surface area contributed by atoms with Gasteiger partial charge in [0.05, 0.1) is 0 Å². The second kappa shape index (κ2) is 5.57. The predicted octanol–water partition coefficient (Wildman–Crippen LogP) is 3.63. The van der Waals surface area contributed by atoms with Crippen molar-refractivity contribution in [2.75, 3.05) is 7.05 Å². The van der Waals surface area contributed by atoms with Gasteiger partial charge in [-0.3, -0.25) is 0 Å². The standard InChI is InChI=1S/C13H14F3N/c1-9(2)4-5-17(3)8-10-6-11(14)13(16)12(15)7-10/h4-7H,1,8H2,2-3H3/b5-4-. The van der Waals surface area contributed by atoms with E-state index < -0.39 is 17.5 Å². The third-order valence-electron chi connectivity index (χ3n) is 2.09. The number of benzene rings is 1. The van der Waals surface area contributed by atoms with E-state index in [2.05, 4.69) is 6.58 Å². The van der Waals surface area contributed by atoms with Crippen LogP contribution in [0.3, 0.4) is 0 Å². The van der Waals surface area contributed by atoms with E-state index in [1.807, 2.05) is 6.92 Å². The highest BCUT2D eigenvalue weighted by atomic mass is 19.2. The van der Waals surface area contributed by atoms with Crippen molar-refractivity contribution in [3.05, 3.63) is 59.6 Å². The SMILES string of the molecule is C=C(C)/C=C\N(C)Cc1cc(F)c(F)c(F)c1. The molecule has 1 aromatic rings. The molecule has 0 spiro atoms. The highest BCUT2D eigenvalue weighted by molar-refractivity contribution is 5.20. The number of hydrogen-bond acceptors (Lipinski definition) is 1. The minimum absolute atomic E-state index is 0.290. The van der Waals surface area contributed by atoms with Crippen LogP contribution in [-0.2, 0) is 6.54 Å². The molecule has 0 radical (unpaired) electrons. The third kappa shape index (κ3) is 3.98. The van der Waals surface area contributed by atoms with Crippen LogP contribution < -0.4 is 0 Å². The summed E-state index contributed by atoms with van der Waals surface area (Å²) >= 11 is 0. The summed E-state index contributed by atoms with van der Waals surface area (Å²) in [5.41, 5.74) is 1.24. The van der Waals surface area contributed by atoms with Crippen LogP contribution in [0.2, 0.25) is 0 Å². The molecule has 0 N–H and O–H groups in total. The molecule has 0 saturated heterocycles. The molecule has 1 nitrogen and oxygen atoms in total. The van der Waals surface area contributed by atoms with Crippen molar-refractivity contribution in [2.24, 2.45) is 0 Å². The van der Waals surface area contributed by atoms with Crippen molar-refractivity contribution in [1.82, 2.24) is 4.90 Å². The zero-order valence-electron chi connectivity index (χ0n) is 9.80. The molecular weight excluding hydrogens is 227 g/mol. The molecule has 0 fully saturated rings. The highest BCUT2D eigenvalue weighted by Crippen LogP contribution is 2.14. The predicted molar refractivity (Wildman–Crippen MR) is 61.7 cm³/mol. The van der Waals surface area contributed by atoms with Gasteiger partial charge >= 0.3 is 0 Å². The Hall–Kier alpha value is -1.71. The van der Waals surface area contributed by atoms with E-state index in [4.69, 9.17) is 0 Å². The van der Waals surface area contributed by atoms with Crippen molar-refractivity contribution in [1.29, 1.82) is 0 Å². The highest BCUT2D eigenvalue weighted by Gasteiger charge is 2.10. The lowest BCUT2D eigenvalue weighted by Crippen LogP contribution is -2.11. The molecule has 0 aliphatic carbocycles. The molecule has 4 heteroatoms. The molecule has 0 aromatic heterocycles. The summed E-state index contributed by atoms with van der Waals surface area (Å²) in [5.74, 6) is -3.77. The monoisotopic (exact) mass is 241 g/mol. The van der Waals surface area contributed by atoms with Gasteiger partial charge in [0.1, 0.15) is 0 Å². The van der Waals surface area contributed by atoms with Crippen LogP contribution in [-0.4, -0.2) is 11.9 Å². The first-order valence-electron chi connectivity index (χ1n) is 5.07. The van der Waals surface area contributed by atoms with Crippen LogP contribution in [0, 0.1) is 17.5 Å². The zero-order chi connectivity index (χ0) is 13.0. The molecule has 0 heterocycles. The Labute approximate surface area is 98.9 Å². The Morgan fingerprint density at radius 3 is 2.29 bits per heavy atom. The molecule has 92 valence electrons. The van der Waals surface area contributed by atoms with Crippen LogP contribution in [0.15, 0.2) is 36.6 Å². The second-order valence-electron chi connectivity index (χ2n) is 3.95. The first-order valence-corrected chi connectivity index (χ1v) is 5.07. The lowest BCUT2D eigenvalue weighted by atomic mass is 10.2. The quantitative estimate of drug-likeness (QED) is 0.574. The molecule has 0 bridgehead atoms. The van der Waals surface area contributed by atoms with Crippen molar-refractivity contribution in [2.45, 2.75) is 13.5 Å². The normalized spacial score (nSPS) is 10.9. The Morgan fingerprint density at radius 2 is 1.82 bits per heavy atom. The van der Waals surface area contributed by atoms with Gasteiger partial charge in [-0.25, -0.2) is 13.2 Å². The van der Waals surface area contributed by atoms with Crippen LogP contribution in [0.5, 0.6) is 0 Å². The largest absolute Gasteiger partial charge is 0.376 e. The van der Waals surface area contributed by atoms with Crippen LogP contribution in [0.4, 0.5) is 13.2 Å². The molecule has 17 heavy (non-hydrogen) atoms. The molecule has 1 aromatic carbocycles. The van der Waals surface area contributed by atoms with Gasteiger partial charge in [-0.15, -0.1) is 0 Å². The number of hydrogen-bond donors (Lipinski definition) is 0. The molecule has 0 aliphatic rings. The average molecular weight is 241 g/mol. The zero-order valence-corrected chi connectivity index (χ0v) is 9.80. The smallest absolute Gasteiger partial charge is 0.194 e. The second-order valence-corrected chi connectivity index (χ2v) is 3.95. The van der Waals surface area contributed by atoms with Crippen molar-refractivity contribution >= 4 is 0 Å². The fourth-order valence-electron chi connectivity index (χ4n) is 1.29. The van der Waals surface area contributed by atoms with E-state index in [0.717, 1.165) is 17.7 Å². The van der Waals surface area contributed by atoms with Gasteiger partial charge in [0.25, 0.3) is 0 Å². The van der Waals surface area contributed by atoms with Gasteiger partial charge in [-0.1, -0.05) is 12.2 Å². The average Bonchev–Trinajstić information content (AvgIpc) is 2.23. The first-order chi connectivity index (χ1) is 7.90. The third-order valence-corrected chi connectivity index (χ3v) is 2.09. The van der Waals surface area contributed by atoms with Crippen LogP contribution in [0.1, 0.15) is 12.5 Å². The topological polar surface area (TPSA) is 3.24 Å². The summed E-state index contributed by atoms with van der Waals surface area (Å²) in [6.45, 7) is 5.82. The minimum Gasteiger partial charge on any atom is -0.376 e. The summed E-state index contributed by atoms with van der Waals surface area (Å²) < 4.78 is 38.6. The van der Waals surface area contributed by atoms with Crippen molar-refractivity contribution in [3.63, 3.8) is 0 Å². The molecule has 1 rings (SSSR count). The summed E-state index contributed by atoms with van der Waals surface area (Å²) in [7, 11) is 1.75. The van der Waals surface area contributed by atoms with E-state index in [-0.39, 0.29) is 6.54 Å². The van der Waals surface area contributed by atoms with E-state index in [0.29, 0.717) is 5.56 Å². The lowest BCUT2D eigenvalue weighted by Gasteiger charge is -2.14. The lowest BCUT2D eigenvalue weighted by molar-refractivity contribution is 0.426. The van der Waals surface area contributed by atoms with Gasteiger partial charge in [-0.05, 0) is 36.9 Å². The van der Waals surface area contributed by atoms with Gasteiger partial charge in [0.15, 0.2) is 17.5 Å². The minimum atomic E-state index is -1.44. The molecular formula is C13H14F3N. The Kier molecular flexibility index (Phi) is 4.37. The molecule has 0 aliphatic heterocycles. The molecule has 0 saturated carbocycles. The molecule has 0 unspecified atom stereocenters. The van der Waals surface area contributed by atoms with E-state index >= 15 is 0 Å².